The van der Waals surface area contributed by atoms with E-state index < -0.39 is 0 Å². The quantitative estimate of drug-likeness (QED) is 0.285. The van der Waals surface area contributed by atoms with E-state index in [0.29, 0.717) is 0 Å². The molecule has 3 aromatic carbocycles. The fourth-order valence-electron chi connectivity index (χ4n) is 5.53. The molecule has 0 unspecified atom stereocenters. The van der Waals surface area contributed by atoms with Crippen molar-refractivity contribution >= 4 is 6.08 Å². The lowest BCUT2D eigenvalue weighted by Crippen LogP contribution is -2.48. The largest absolute Gasteiger partial charge is 0.306 e. The third-order valence-electron chi connectivity index (χ3n) is 7.65. The summed E-state index contributed by atoms with van der Waals surface area (Å²) in [6, 6.07) is 25.4. The van der Waals surface area contributed by atoms with Crippen LogP contribution in [0.3, 0.4) is 0 Å². The van der Waals surface area contributed by atoms with Gasteiger partial charge in [-0.15, -0.1) is 5.10 Å². The maximum atomic E-state index is 4.62. The van der Waals surface area contributed by atoms with Gasteiger partial charge in [-0.3, -0.25) is 9.80 Å². The van der Waals surface area contributed by atoms with Gasteiger partial charge in [0.05, 0.1) is 18.1 Å². The first-order valence-electron chi connectivity index (χ1n) is 13.8. The summed E-state index contributed by atoms with van der Waals surface area (Å²) in [7, 11) is 0. The highest BCUT2D eigenvalue weighted by atomic mass is 15.6. The molecule has 202 valence electrons. The molecule has 0 spiro atoms. The second-order valence-corrected chi connectivity index (χ2v) is 10.3. The second-order valence-electron chi connectivity index (χ2n) is 10.3. The minimum absolute atomic E-state index is 0.0761. The van der Waals surface area contributed by atoms with Crippen LogP contribution in [-0.2, 0) is 0 Å². The summed E-state index contributed by atoms with van der Waals surface area (Å²) in [5.74, 6) is 0.838. The van der Waals surface area contributed by atoms with Crippen LogP contribution in [0.2, 0.25) is 0 Å². The fraction of sp³-hybridized carbons (Fsp3) is 0.250. The predicted octanol–water partition coefficient (Wildman–Crippen LogP) is 4.89. The average Bonchev–Trinajstić information content (AvgIpc) is 3.69. The number of hydrogen-bond donors (Lipinski definition) is 0. The molecule has 0 amide bonds. The van der Waals surface area contributed by atoms with Gasteiger partial charge in [0.15, 0.2) is 5.82 Å². The lowest BCUT2D eigenvalue weighted by Gasteiger charge is -2.38. The Bertz CT molecular complexity index is 1530. The lowest BCUT2D eigenvalue weighted by molar-refractivity contribution is 0.113. The first-order valence-corrected chi connectivity index (χ1v) is 13.8. The molecular formula is C32H34N8. The van der Waals surface area contributed by atoms with Crippen LogP contribution < -0.4 is 0 Å². The highest BCUT2D eigenvalue weighted by Gasteiger charge is 2.31. The zero-order chi connectivity index (χ0) is 27.3. The Morgan fingerprint density at radius 3 is 2.30 bits per heavy atom. The summed E-state index contributed by atoms with van der Waals surface area (Å²) in [5.41, 5.74) is 6.83. The average molecular weight is 531 g/mol. The Labute approximate surface area is 235 Å². The van der Waals surface area contributed by atoms with Crippen molar-refractivity contribution in [3.05, 3.63) is 126 Å². The normalized spacial score (nSPS) is 15.6. The summed E-state index contributed by atoms with van der Waals surface area (Å²) in [4.78, 5) is 9.21. The highest BCUT2D eigenvalue weighted by molar-refractivity contribution is 5.49. The van der Waals surface area contributed by atoms with Crippen molar-refractivity contribution in [3.63, 3.8) is 0 Å². The molecule has 40 heavy (non-hydrogen) atoms. The van der Waals surface area contributed by atoms with Crippen molar-refractivity contribution in [2.45, 2.75) is 19.9 Å². The second kappa shape index (κ2) is 11.8. The van der Waals surface area contributed by atoms with E-state index in [0.717, 1.165) is 61.0 Å². The van der Waals surface area contributed by atoms with Crippen LogP contribution in [0.15, 0.2) is 97.6 Å². The molecule has 8 heteroatoms. The number of tetrazole rings is 1. The van der Waals surface area contributed by atoms with Crippen LogP contribution in [-0.4, -0.2) is 72.3 Å². The zero-order valence-corrected chi connectivity index (χ0v) is 23.0. The minimum atomic E-state index is -0.0761. The Morgan fingerprint density at radius 1 is 0.850 bits per heavy atom. The number of aryl methyl sites for hydroxylation is 2. The molecule has 2 aromatic heterocycles. The lowest BCUT2D eigenvalue weighted by atomic mass is 10.0. The predicted molar refractivity (Wildman–Crippen MR) is 158 cm³/mol. The molecule has 0 bridgehead atoms. The number of imidazole rings is 1. The van der Waals surface area contributed by atoms with E-state index in [-0.39, 0.29) is 6.04 Å². The van der Waals surface area contributed by atoms with Gasteiger partial charge < -0.3 is 4.57 Å². The van der Waals surface area contributed by atoms with E-state index in [1.165, 1.54) is 11.1 Å². The van der Waals surface area contributed by atoms with Crippen molar-refractivity contribution in [2.75, 3.05) is 32.7 Å². The molecule has 1 fully saturated rings. The van der Waals surface area contributed by atoms with Crippen LogP contribution >= 0.6 is 0 Å². The summed E-state index contributed by atoms with van der Waals surface area (Å²) in [6.07, 6.45) is 10.0. The third kappa shape index (κ3) is 5.50. The van der Waals surface area contributed by atoms with E-state index in [9.17, 15) is 0 Å². The van der Waals surface area contributed by atoms with Crippen LogP contribution in [0.1, 0.15) is 34.1 Å². The van der Waals surface area contributed by atoms with E-state index in [1.807, 2.05) is 21.8 Å². The van der Waals surface area contributed by atoms with Gasteiger partial charge in [-0.25, -0.2) is 4.98 Å². The topological polar surface area (TPSA) is 67.9 Å². The van der Waals surface area contributed by atoms with Gasteiger partial charge in [0, 0.05) is 50.8 Å². The Morgan fingerprint density at radius 2 is 1.60 bits per heavy atom. The molecule has 5 aromatic rings. The summed E-state index contributed by atoms with van der Waals surface area (Å²) < 4.78 is 3.95. The van der Waals surface area contributed by atoms with Crippen LogP contribution in [0.4, 0.5) is 0 Å². The zero-order valence-electron chi connectivity index (χ0n) is 23.0. The van der Waals surface area contributed by atoms with Crippen molar-refractivity contribution in [3.8, 4) is 11.4 Å². The number of nitrogens with zero attached hydrogens (tertiary/aromatic N) is 8. The Kier molecular flexibility index (Phi) is 7.61. The van der Waals surface area contributed by atoms with Gasteiger partial charge in [-0.05, 0) is 58.7 Å². The fourth-order valence-corrected chi connectivity index (χ4v) is 5.53. The van der Waals surface area contributed by atoms with Gasteiger partial charge in [-0.1, -0.05) is 72.8 Å². The van der Waals surface area contributed by atoms with Gasteiger partial charge in [0.1, 0.15) is 0 Å². The molecule has 3 heterocycles. The molecular weight excluding hydrogens is 496 g/mol. The molecule has 0 N–H and O–H groups in total. The molecule has 1 saturated heterocycles. The molecule has 6 rings (SSSR count). The van der Waals surface area contributed by atoms with E-state index >= 15 is 0 Å². The maximum Gasteiger partial charge on any atom is 0.178 e. The number of rotatable bonds is 8. The van der Waals surface area contributed by atoms with Gasteiger partial charge in [0.2, 0.25) is 0 Å². The monoisotopic (exact) mass is 530 g/mol. The minimum Gasteiger partial charge on any atom is -0.306 e. The van der Waals surface area contributed by atoms with Crippen molar-refractivity contribution in [1.82, 2.24) is 39.6 Å². The first kappa shape index (κ1) is 25.9. The molecule has 1 atom stereocenters. The Hall–Kier alpha value is -4.40. The van der Waals surface area contributed by atoms with Crippen molar-refractivity contribution in [2.24, 2.45) is 0 Å². The number of para-hydroxylation sites is 1. The molecule has 0 aliphatic carbocycles. The van der Waals surface area contributed by atoms with Crippen molar-refractivity contribution in [1.29, 1.82) is 0 Å². The molecule has 0 saturated carbocycles. The molecule has 1 aliphatic rings. The third-order valence-corrected chi connectivity index (χ3v) is 7.65. The SMILES string of the molecule is Cc1cccc(C)c1-n1nnnc1[C@H](c1ccc(-n2ccnc2)cc1)N1CCN(C/C=C/c2ccccc2)CC1. The number of hydrogen-bond acceptors (Lipinski definition) is 6. The number of benzene rings is 3. The molecule has 8 nitrogen and oxygen atoms in total. The first-order chi connectivity index (χ1) is 19.7. The summed E-state index contributed by atoms with van der Waals surface area (Å²) >= 11 is 0. The summed E-state index contributed by atoms with van der Waals surface area (Å²) in [6.45, 7) is 8.98. The van der Waals surface area contributed by atoms with E-state index in [1.54, 1.807) is 6.20 Å². The van der Waals surface area contributed by atoms with Crippen molar-refractivity contribution < 1.29 is 0 Å². The summed E-state index contributed by atoms with van der Waals surface area (Å²) in [5, 5.41) is 13.3. The van der Waals surface area contributed by atoms with Gasteiger partial charge in [-0.2, -0.15) is 4.68 Å². The van der Waals surface area contributed by atoms with Crippen LogP contribution in [0.25, 0.3) is 17.5 Å². The number of piperazine rings is 1. The van der Waals surface area contributed by atoms with Gasteiger partial charge >= 0.3 is 0 Å². The molecule has 1 aliphatic heterocycles. The van der Waals surface area contributed by atoms with E-state index in [4.69, 9.17) is 0 Å². The number of aromatic nitrogens is 6. The molecule has 0 radical (unpaired) electrons. The maximum absolute atomic E-state index is 4.62. The van der Waals surface area contributed by atoms with E-state index in [2.05, 4.69) is 129 Å². The van der Waals surface area contributed by atoms with Crippen LogP contribution in [0.5, 0.6) is 0 Å². The van der Waals surface area contributed by atoms with Crippen LogP contribution in [0, 0.1) is 13.8 Å². The smallest absolute Gasteiger partial charge is 0.178 e. The van der Waals surface area contributed by atoms with Gasteiger partial charge in [0.25, 0.3) is 0 Å². The highest BCUT2D eigenvalue weighted by Crippen LogP contribution is 2.31. The Balaban J connectivity index is 1.27. The standard InChI is InChI=1S/C32H34N8/c1-25-8-6-9-26(2)30(25)40-32(34-35-36-40)31(28-13-15-29(16-14-28)39-19-17-33-24-39)38-22-20-37(21-23-38)18-7-12-27-10-4-3-5-11-27/h3-17,19,24,31H,18,20-23H2,1-2H3/b12-7+/t31-/m0/s1.